The van der Waals surface area contributed by atoms with E-state index in [9.17, 15) is 17.6 Å². The topological polar surface area (TPSA) is 6.48 Å². The van der Waals surface area contributed by atoms with Crippen LogP contribution in [0.2, 0.25) is 0 Å². The van der Waals surface area contributed by atoms with Crippen LogP contribution in [0.25, 0.3) is 0 Å². The number of hydrogen-bond acceptors (Lipinski definition) is 2. The Morgan fingerprint density at radius 2 is 1.05 bits per heavy atom. The molecule has 2 fully saturated rings. The van der Waals surface area contributed by atoms with Crippen molar-refractivity contribution in [3.05, 3.63) is 157 Å². The molecule has 0 bridgehead atoms. The second-order valence-electron chi connectivity index (χ2n) is 9.25. The van der Waals surface area contributed by atoms with Crippen molar-refractivity contribution in [2.75, 3.05) is 26.2 Å². The number of likely N-dealkylation sites (tertiary alicyclic amines) is 2. The maximum Gasteiger partial charge on any atom is 4.00 e. The first-order valence-electron chi connectivity index (χ1n) is 13.2. The maximum absolute atomic E-state index is 13.4. The molecule has 6 rings (SSSR count). The molecule has 0 N–H and O–H groups in total. The Morgan fingerprint density at radius 1 is 0.683 bits per heavy atom. The average Bonchev–Trinajstić information content (AvgIpc) is 3.68. The number of halogens is 4. The fourth-order valence-corrected chi connectivity index (χ4v) is 4.42. The molecule has 41 heavy (non-hydrogen) atoms. The van der Waals surface area contributed by atoms with Gasteiger partial charge in [-0.1, -0.05) is 12.2 Å². The van der Waals surface area contributed by atoms with Crippen molar-refractivity contribution < 1.29 is 39.3 Å². The van der Waals surface area contributed by atoms with Gasteiger partial charge < -0.3 is 9.80 Å². The van der Waals surface area contributed by atoms with Crippen molar-refractivity contribution in [2.45, 2.75) is 24.9 Å². The molecule has 212 valence electrons. The van der Waals surface area contributed by atoms with E-state index in [0.29, 0.717) is 11.1 Å². The summed E-state index contributed by atoms with van der Waals surface area (Å²) in [5.41, 5.74) is 1.06. The van der Waals surface area contributed by atoms with Crippen molar-refractivity contribution in [1.82, 2.24) is 9.80 Å². The molecule has 7 heteroatoms. The summed E-state index contributed by atoms with van der Waals surface area (Å²) in [7, 11) is 0. The minimum atomic E-state index is -0.647. The maximum atomic E-state index is 13.4. The number of benzene rings is 2. The van der Waals surface area contributed by atoms with Gasteiger partial charge in [-0.15, -0.1) is 48.6 Å². The first-order valence-corrected chi connectivity index (χ1v) is 13.2. The molecular weight excluding hydrogens is 560 g/mol. The molecule has 2 atom stereocenters. The molecule has 0 saturated carbocycles. The van der Waals surface area contributed by atoms with E-state index < -0.39 is 23.3 Å². The average molecular weight is 595 g/mol. The van der Waals surface area contributed by atoms with Gasteiger partial charge >= 0.3 is 21.7 Å². The number of hydrogen-bond donors (Lipinski definition) is 0. The van der Waals surface area contributed by atoms with Crippen molar-refractivity contribution in [3.63, 3.8) is 0 Å². The van der Waals surface area contributed by atoms with Gasteiger partial charge in [0, 0.05) is 36.4 Å². The summed E-state index contributed by atoms with van der Waals surface area (Å²) in [6.07, 6.45) is 5.39. The number of rotatable bonds is 6. The third kappa shape index (κ3) is 10.7. The SMILES string of the molecule is C=CCN1CCC1c1ccc(F)[c-]c1F.C=CCN1CCC1c1ccc(F)[c-]c1F.[Ti+4].c1cc[cH-]c1.c1cc[cH-]c1. The van der Waals surface area contributed by atoms with Crippen molar-refractivity contribution in [3.8, 4) is 0 Å². The van der Waals surface area contributed by atoms with Crippen molar-refractivity contribution >= 4 is 0 Å². The molecule has 2 saturated heterocycles. The monoisotopic (exact) mass is 594 g/mol. The Hall–Kier alpha value is -3.03. The Kier molecular flexibility index (Phi) is 15.4. The van der Waals surface area contributed by atoms with Gasteiger partial charge in [-0.3, -0.25) is 0 Å². The van der Waals surface area contributed by atoms with E-state index in [-0.39, 0.29) is 33.8 Å². The molecule has 2 unspecified atom stereocenters. The molecule has 4 aromatic carbocycles. The molecular formula is C34H34F4N2Ti. The quantitative estimate of drug-likeness (QED) is 0.0961. The van der Waals surface area contributed by atoms with Crippen molar-refractivity contribution in [2.24, 2.45) is 0 Å². The van der Waals surface area contributed by atoms with E-state index >= 15 is 0 Å². The summed E-state index contributed by atoms with van der Waals surface area (Å²) in [6, 6.07) is 29.7. The molecule has 2 heterocycles. The van der Waals surface area contributed by atoms with Crippen LogP contribution in [0.4, 0.5) is 17.6 Å². The van der Waals surface area contributed by atoms with E-state index in [4.69, 9.17) is 0 Å². The zero-order valence-corrected chi connectivity index (χ0v) is 24.5. The zero-order valence-electron chi connectivity index (χ0n) is 23.0. The van der Waals surface area contributed by atoms with Crippen LogP contribution in [-0.2, 0) is 21.7 Å². The van der Waals surface area contributed by atoms with E-state index in [2.05, 4.69) is 35.1 Å². The normalized spacial score (nSPS) is 17.4. The summed E-state index contributed by atoms with van der Waals surface area (Å²) < 4.78 is 52.1. The van der Waals surface area contributed by atoms with Gasteiger partial charge in [0.05, 0.1) is 0 Å². The summed E-state index contributed by atoms with van der Waals surface area (Å²) in [6.45, 7) is 10.6. The van der Waals surface area contributed by atoms with Crippen LogP contribution in [0.1, 0.15) is 36.1 Å². The molecule has 0 radical (unpaired) electrons. The van der Waals surface area contributed by atoms with Gasteiger partial charge in [-0.25, -0.2) is 41.8 Å². The van der Waals surface area contributed by atoms with E-state index in [1.807, 2.05) is 60.7 Å². The second kappa shape index (κ2) is 18.4. The fraction of sp³-hybridized carbons (Fsp3) is 0.235. The van der Waals surface area contributed by atoms with Gasteiger partial charge in [0.2, 0.25) is 0 Å². The fourth-order valence-electron chi connectivity index (χ4n) is 4.42. The summed E-state index contributed by atoms with van der Waals surface area (Å²) in [5, 5.41) is 0. The third-order valence-corrected chi connectivity index (χ3v) is 6.60. The predicted octanol–water partition coefficient (Wildman–Crippen LogP) is 8.20. The van der Waals surface area contributed by atoms with Crippen LogP contribution in [0.3, 0.4) is 0 Å². The standard InChI is InChI=1S/2C12H12F2N.2C5H5.Ti/c2*1-2-6-15-7-5-12(15)10-4-3-9(13)8-11(10)14;2*1-2-4-5-3-1;/h2*2-4,12H,1,5-7H2;2*1-5H;/q4*-1;+4. The Balaban J connectivity index is 0.000000211. The van der Waals surface area contributed by atoms with E-state index in [1.54, 1.807) is 12.2 Å². The Bertz CT molecular complexity index is 1140. The van der Waals surface area contributed by atoms with Gasteiger partial charge in [-0.05, 0) is 38.0 Å². The van der Waals surface area contributed by atoms with E-state index in [1.165, 1.54) is 24.3 Å². The van der Waals surface area contributed by atoms with Crippen LogP contribution in [0, 0.1) is 35.4 Å². The van der Waals surface area contributed by atoms with Crippen LogP contribution in [0.15, 0.2) is 110 Å². The van der Waals surface area contributed by atoms with Gasteiger partial charge in [0.25, 0.3) is 0 Å². The molecule has 0 aromatic heterocycles. The summed E-state index contributed by atoms with van der Waals surface area (Å²) in [5.74, 6) is -2.45. The summed E-state index contributed by atoms with van der Waals surface area (Å²) in [4.78, 5) is 4.19. The van der Waals surface area contributed by atoms with Crippen LogP contribution in [-0.4, -0.2) is 36.0 Å². The minimum Gasteiger partial charge on any atom is -0.304 e. The third-order valence-electron chi connectivity index (χ3n) is 6.60. The molecule has 0 spiro atoms. The largest absolute Gasteiger partial charge is 4.00 e. The molecule has 2 nitrogen and oxygen atoms in total. The predicted molar refractivity (Wildman–Crippen MR) is 153 cm³/mol. The van der Waals surface area contributed by atoms with Crippen LogP contribution >= 0.6 is 0 Å². The van der Waals surface area contributed by atoms with Gasteiger partial charge in [0.1, 0.15) is 0 Å². The summed E-state index contributed by atoms with van der Waals surface area (Å²) >= 11 is 0. The minimum absolute atomic E-state index is 0. The van der Waals surface area contributed by atoms with Crippen molar-refractivity contribution in [1.29, 1.82) is 0 Å². The Morgan fingerprint density at radius 3 is 1.27 bits per heavy atom. The molecule has 2 aliphatic heterocycles. The Labute approximate surface area is 256 Å². The van der Waals surface area contributed by atoms with Crippen LogP contribution in [0.5, 0.6) is 0 Å². The molecule has 2 aliphatic rings. The molecule has 4 aromatic rings. The molecule has 0 aliphatic carbocycles. The molecule has 0 amide bonds. The zero-order chi connectivity index (χ0) is 28.7. The van der Waals surface area contributed by atoms with Gasteiger partial charge in [0.15, 0.2) is 0 Å². The second-order valence-corrected chi connectivity index (χ2v) is 9.25. The first kappa shape index (κ1) is 34.2. The van der Waals surface area contributed by atoms with Crippen LogP contribution < -0.4 is 0 Å². The smallest absolute Gasteiger partial charge is 0.304 e. The number of nitrogens with zero attached hydrogens (tertiary/aromatic N) is 2. The van der Waals surface area contributed by atoms with E-state index in [0.717, 1.165) is 39.0 Å². The first-order chi connectivity index (χ1) is 19.4. The van der Waals surface area contributed by atoms with Gasteiger partial charge in [-0.2, -0.15) is 48.5 Å².